The van der Waals surface area contributed by atoms with Crippen LogP contribution in [0.4, 0.5) is 10.1 Å². The molecule has 0 bridgehead atoms. The smallest absolute Gasteiger partial charge is 0.245 e. The van der Waals surface area contributed by atoms with E-state index in [9.17, 15) is 12.8 Å². The van der Waals surface area contributed by atoms with Gasteiger partial charge in [-0.05, 0) is 41.4 Å². The summed E-state index contributed by atoms with van der Waals surface area (Å²) >= 11 is 2.98. The zero-order valence-electron chi connectivity index (χ0n) is 10.4. The van der Waals surface area contributed by atoms with Crippen LogP contribution >= 0.6 is 15.9 Å². The molecule has 19 heavy (non-hydrogen) atoms. The van der Waals surface area contributed by atoms with Crippen LogP contribution in [0.5, 0.6) is 0 Å². The van der Waals surface area contributed by atoms with E-state index in [0.29, 0.717) is 19.5 Å². The summed E-state index contributed by atoms with van der Waals surface area (Å²) in [6, 6.07) is 2.23. The van der Waals surface area contributed by atoms with Crippen molar-refractivity contribution in [2.24, 2.45) is 0 Å². The summed E-state index contributed by atoms with van der Waals surface area (Å²) in [7, 11) is -3.69. The highest BCUT2D eigenvalue weighted by molar-refractivity contribution is 9.10. The molecule has 0 saturated carbocycles. The number of hydrogen-bond acceptors (Lipinski definition) is 3. The predicted molar refractivity (Wildman–Crippen MR) is 75.6 cm³/mol. The molecule has 1 aromatic carbocycles. The van der Waals surface area contributed by atoms with Crippen molar-refractivity contribution in [3.8, 4) is 0 Å². The highest BCUT2D eigenvalue weighted by Gasteiger charge is 2.28. The number of nitrogens with two attached hydrogens (primary N) is 1. The van der Waals surface area contributed by atoms with E-state index in [1.807, 2.05) is 13.0 Å². The number of benzene rings is 1. The van der Waals surface area contributed by atoms with Crippen LogP contribution in [0, 0.1) is 5.82 Å². The number of anilines is 1. The lowest BCUT2D eigenvalue weighted by atomic mass is 10.1. The maximum atomic E-state index is 13.3. The average molecular weight is 349 g/mol. The van der Waals surface area contributed by atoms with Gasteiger partial charge in [-0.1, -0.05) is 11.6 Å². The van der Waals surface area contributed by atoms with E-state index in [4.69, 9.17) is 5.73 Å². The molecule has 4 nitrogen and oxygen atoms in total. The Morgan fingerprint density at radius 3 is 2.68 bits per heavy atom. The van der Waals surface area contributed by atoms with Crippen molar-refractivity contribution >= 4 is 31.6 Å². The molecule has 0 radical (unpaired) electrons. The second-order valence-electron chi connectivity index (χ2n) is 4.47. The number of nitrogens with zero attached hydrogens (tertiary/aromatic N) is 1. The fourth-order valence-corrected chi connectivity index (χ4v) is 3.88. The van der Waals surface area contributed by atoms with Crippen molar-refractivity contribution in [2.45, 2.75) is 18.2 Å². The minimum atomic E-state index is -3.69. The summed E-state index contributed by atoms with van der Waals surface area (Å²) in [4.78, 5) is -0.0614. The van der Waals surface area contributed by atoms with Crippen LogP contribution in [0.15, 0.2) is 33.2 Å². The van der Waals surface area contributed by atoms with E-state index in [1.54, 1.807) is 0 Å². The van der Waals surface area contributed by atoms with Gasteiger partial charge in [-0.3, -0.25) is 0 Å². The Morgan fingerprint density at radius 2 is 2.11 bits per heavy atom. The molecule has 2 rings (SSSR count). The first-order valence-electron chi connectivity index (χ1n) is 5.72. The van der Waals surface area contributed by atoms with Gasteiger partial charge in [0.25, 0.3) is 0 Å². The molecule has 1 aromatic rings. The third-order valence-electron chi connectivity index (χ3n) is 3.07. The normalized spacial score (nSPS) is 17.3. The van der Waals surface area contributed by atoms with Crippen LogP contribution in [0.2, 0.25) is 0 Å². The van der Waals surface area contributed by atoms with Crippen molar-refractivity contribution in [1.82, 2.24) is 4.31 Å². The summed E-state index contributed by atoms with van der Waals surface area (Å²) in [5, 5.41) is 0. The summed E-state index contributed by atoms with van der Waals surface area (Å²) < 4.78 is 39.6. The van der Waals surface area contributed by atoms with Crippen molar-refractivity contribution in [2.75, 3.05) is 18.8 Å². The molecule has 0 unspecified atom stereocenters. The molecule has 7 heteroatoms. The van der Waals surface area contributed by atoms with Gasteiger partial charge < -0.3 is 5.73 Å². The first-order chi connectivity index (χ1) is 8.82. The van der Waals surface area contributed by atoms with Gasteiger partial charge in [0, 0.05) is 13.1 Å². The van der Waals surface area contributed by atoms with Gasteiger partial charge in [-0.15, -0.1) is 0 Å². The standard InChI is InChI=1S/C12H14BrFN2O2S/c1-8-2-4-16(5-3-8)19(17,18)12-6-9(13)10(14)7-11(12)15/h2,6-7H,3-5,15H2,1H3. The van der Waals surface area contributed by atoms with Gasteiger partial charge in [-0.2, -0.15) is 4.31 Å². The van der Waals surface area contributed by atoms with Crippen molar-refractivity contribution in [3.63, 3.8) is 0 Å². The monoisotopic (exact) mass is 348 g/mol. The fourth-order valence-electron chi connectivity index (χ4n) is 1.88. The fraction of sp³-hybridized carbons (Fsp3) is 0.333. The number of rotatable bonds is 2. The maximum absolute atomic E-state index is 13.3. The van der Waals surface area contributed by atoms with Crippen molar-refractivity contribution < 1.29 is 12.8 Å². The molecule has 0 saturated heterocycles. The average Bonchev–Trinajstić information content (AvgIpc) is 2.34. The van der Waals surface area contributed by atoms with Crippen LogP contribution in [0.3, 0.4) is 0 Å². The van der Waals surface area contributed by atoms with E-state index in [1.165, 1.54) is 15.9 Å². The van der Waals surface area contributed by atoms with Gasteiger partial charge in [0.1, 0.15) is 10.7 Å². The zero-order chi connectivity index (χ0) is 14.2. The third-order valence-corrected chi connectivity index (χ3v) is 5.60. The van der Waals surface area contributed by atoms with Gasteiger partial charge in [-0.25, -0.2) is 12.8 Å². The Hall–Kier alpha value is -0.920. The number of hydrogen-bond donors (Lipinski definition) is 1. The van der Waals surface area contributed by atoms with E-state index in [-0.39, 0.29) is 15.1 Å². The molecule has 1 aliphatic rings. The van der Waals surface area contributed by atoms with E-state index in [2.05, 4.69) is 15.9 Å². The molecule has 0 aliphatic carbocycles. The number of sulfonamides is 1. The van der Waals surface area contributed by atoms with Gasteiger partial charge in [0.15, 0.2) is 0 Å². The Bertz CT molecular complexity index is 643. The minimum Gasteiger partial charge on any atom is -0.398 e. The summed E-state index contributed by atoms with van der Waals surface area (Å²) in [6.45, 7) is 2.70. The predicted octanol–water partition coefficient (Wildman–Crippen LogP) is 2.51. The van der Waals surface area contributed by atoms with Crippen LogP contribution < -0.4 is 5.73 Å². The first-order valence-corrected chi connectivity index (χ1v) is 7.96. The van der Waals surface area contributed by atoms with Crippen LogP contribution in [0.1, 0.15) is 13.3 Å². The summed E-state index contributed by atoms with van der Waals surface area (Å²) in [5.74, 6) is -0.578. The van der Waals surface area contributed by atoms with Crippen molar-refractivity contribution in [1.29, 1.82) is 0 Å². The van der Waals surface area contributed by atoms with Gasteiger partial charge in [0.2, 0.25) is 10.0 Å². The Morgan fingerprint density at radius 1 is 1.42 bits per heavy atom. The molecule has 2 N–H and O–H groups in total. The van der Waals surface area contributed by atoms with Gasteiger partial charge >= 0.3 is 0 Å². The maximum Gasteiger partial charge on any atom is 0.245 e. The van der Waals surface area contributed by atoms with Crippen molar-refractivity contribution in [3.05, 3.63) is 34.1 Å². The lowest BCUT2D eigenvalue weighted by molar-refractivity contribution is 0.431. The summed E-state index contributed by atoms with van der Waals surface area (Å²) in [5.41, 5.74) is 6.72. The van der Waals surface area contributed by atoms with E-state index in [0.717, 1.165) is 6.07 Å². The molecular weight excluding hydrogens is 335 g/mol. The van der Waals surface area contributed by atoms with Crippen LogP contribution in [-0.2, 0) is 10.0 Å². The SMILES string of the molecule is CC1=CCN(S(=O)(=O)c2cc(Br)c(F)cc2N)CC1. The van der Waals surface area contributed by atoms with E-state index < -0.39 is 15.8 Å². The Balaban J connectivity index is 2.43. The molecule has 0 spiro atoms. The number of nitrogen functional groups attached to an aromatic ring is 1. The second kappa shape index (κ2) is 5.22. The lowest BCUT2D eigenvalue weighted by Crippen LogP contribution is -2.35. The lowest BCUT2D eigenvalue weighted by Gasteiger charge is -2.25. The Kier molecular flexibility index (Phi) is 3.98. The quantitative estimate of drug-likeness (QED) is 0.659. The third kappa shape index (κ3) is 2.82. The molecule has 0 fully saturated rings. The van der Waals surface area contributed by atoms with Crippen LogP contribution in [-0.4, -0.2) is 25.8 Å². The molecule has 0 amide bonds. The first kappa shape index (κ1) is 14.5. The van der Waals surface area contributed by atoms with Gasteiger partial charge in [0.05, 0.1) is 10.2 Å². The van der Waals surface area contributed by atoms with E-state index >= 15 is 0 Å². The van der Waals surface area contributed by atoms with Crippen LogP contribution in [0.25, 0.3) is 0 Å². The molecule has 0 atom stereocenters. The largest absolute Gasteiger partial charge is 0.398 e. The molecule has 0 aromatic heterocycles. The minimum absolute atomic E-state index is 0.0614. The summed E-state index contributed by atoms with van der Waals surface area (Å²) in [6.07, 6.45) is 2.57. The zero-order valence-corrected chi connectivity index (χ0v) is 12.8. The highest BCUT2D eigenvalue weighted by Crippen LogP contribution is 2.29. The molecule has 104 valence electrons. The highest BCUT2D eigenvalue weighted by atomic mass is 79.9. The molecule has 1 aliphatic heterocycles. The number of halogens is 2. The Labute approximate surface area is 120 Å². The molecule has 1 heterocycles. The molecular formula is C12H14BrFN2O2S. The topological polar surface area (TPSA) is 63.4 Å². The second-order valence-corrected chi connectivity index (χ2v) is 7.23.